The van der Waals surface area contributed by atoms with Crippen LogP contribution in [0.25, 0.3) is 0 Å². The minimum absolute atomic E-state index is 0.0107. The Balaban J connectivity index is 2.08. The number of rotatable bonds is 4. The zero-order valence-electron chi connectivity index (χ0n) is 15.5. The molecule has 1 N–H and O–H groups in total. The third kappa shape index (κ3) is 5.92. The predicted molar refractivity (Wildman–Crippen MR) is 96.3 cm³/mol. The van der Waals surface area contributed by atoms with Crippen LogP contribution in [0.5, 0.6) is 5.75 Å². The van der Waals surface area contributed by atoms with Crippen LogP contribution >= 0.6 is 0 Å². The molecule has 2 atom stereocenters. The van der Waals surface area contributed by atoms with Gasteiger partial charge >= 0.3 is 6.09 Å². The molecule has 0 aliphatic carbocycles. The van der Waals surface area contributed by atoms with E-state index in [0.29, 0.717) is 12.2 Å². The fraction of sp³-hybridized carbons (Fsp3) is 0.550. The van der Waals surface area contributed by atoms with Crippen LogP contribution in [0.4, 0.5) is 9.18 Å². The van der Waals surface area contributed by atoms with Crippen molar-refractivity contribution in [2.75, 3.05) is 13.2 Å². The topological polar surface area (TPSA) is 59.0 Å². The Hall–Kier alpha value is -2.26. The summed E-state index contributed by atoms with van der Waals surface area (Å²) in [4.78, 5) is 14.3. The maximum absolute atomic E-state index is 13.0. The first kappa shape index (κ1) is 20.1. The summed E-state index contributed by atoms with van der Waals surface area (Å²) in [5.74, 6) is 6.16. The molecule has 5 nitrogen and oxygen atoms in total. The molecule has 1 amide bonds. The van der Waals surface area contributed by atoms with Crippen LogP contribution in [-0.4, -0.2) is 47.0 Å². The zero-order chi connectivity index (χ0) is 19.2. The third-order valence-electron chi connectivity index (χ3n) is 3.87. The molecule has 1 fully saturated rings. The van der Waals surface area contributed by atoms with Crippen molar-refractivity contribution in [1.29, 1.82) is 0 Å². The van der Waals surface area contributed by atoms with Crippen LogP contribution in [0.15, 0.2) is 24.3 Å². The lowest BCUT2D eigenvalue weighted by Crippen LogP contribution is -2.46. The van der Waals surface area contributed by atoms with Crippen molar-refractivity contribution < 1.29 is 23.8 Å². The van der Waals surface area contributed by atoms with E-state index in [1.54, 1.807) is 17.0 Å². The van der Waals surface area contributed by atoms with Gasteiger partial charge in [0.15, 0.2) is 0 Å². The van der Waals surface area contributed by atoms with Crippen LogP contribution in [-0.2, 0) is 4.74 Å². The minimum Gasteiger partial charge on any atom is -0.491 e. The largest absolute Gasteiger partial charge is 0.491 e. The standard InChI is InChI=1S/C20H26FNO4/c1-20(2,3)26-19(24)22-16(6-4-5-13-23)9-10-17(22)14-25-18-11-7-15(21)8-12-18/h7-8,11-12,16-17,23H,5,9-10,13-14H2,1-3H3/t16-,17+/m1/s1. The second-order valence-electron chi connectivity index (χ2n) is 7.19. The number of carbonyl (C=O) groups excluding carboxylic acids is 1. The Kier molecular flexibility index (Phi) is 6.87. The van der Waals surface area contributed by atoms with Crippen molar-refractivity contribution in [2.24, 2.45) is 0 Å². The number of halogens is 1. The lowest BCUT2D eigenvalue weighted by atomic mass is 10.2. The van der Waals surface area contributed by atoms with E-state index in [9.17, 15) is 9.18 Å². The fourth-order valence-electron chi connectivity index (χ4n) is 2.75. The zero-order valence-corrected chi connectivity index (χ0v) is 15.5. The number of ether oxygens (including phenoxy) is 2. The van der Waals surface area contributed by atoms with Gasteiger partial charge < -0.3 is 14.6 Å². The molecular weight excluding hydrogens is 337 g/mol. The summed E-state index contributed by atoms with van der Waals surface area (Å²) in [6.45, 7) is 5.72. The highest BCUT2D eigenvalue weighted by atomic mass is 19.1. The number of benzene rings is 1. The molecule has 0 unspecified atom stereocenters. The first-order valence-electron chi connectivity index (χ1n) is 8.79. The lowest BCUT2D eigenvalue weighted by Gasteiger charge is -2.30. The first-order chi connectivity index (χ1) is 12.3. The molecule has 1 aliphatic heterocycles. The summed E-state index contributed by atoms with van der Waals surface area (Å²) in [5.41, 5.74) is -0.606. The average Bonchev–Trinajstić information content (AvgIpc) is 2.96. The van der Waals surface area contributed by atoms with Crippen molar-refractivity contribution >= 4 is 6.09 Å². The number of hydrogen-bond acceptors (Lipinski definition) is 4. The van der Waals surface area contributed by atoms with Crippen LogP contribution in [0.1, 0.15) is 40.0 Å². The highest BCUT2D eigenvalue weighted by molar-refractivity contribution is 5.70. The Labute approximate surface area is 154 Å². The van der Waals surface area contributed by atoms with E-state index < -0.39 is 11.7 Å². The first-order valence-corrected chi connectivity index (χ1v) is 8.79. The van der Waals surface area contributed by atoms with E-state index >= 15 is 0 Å². The van der Waals surface area contributed by atoms with E-state index in [1.807, 2.05) is 20.8 Å². The van der Waals surface area contributed by atoms with Crippen molar-refractivity contribution in [3.05, 3.63) is 30.1 Å². The lowest BCUT2D eigenvalue weighted by molar-refractivity contribution is 0.0145. The molecule has 1 aliphatic rings. The van der Waals surface area contributed by atoms with Gasteiger partial charge in [0.25, 0.3) is 0 Å². The predicted octanol–water partition coefficient (Wildman–Crippen LogP) is 3.36. The van der Waals surface area contributed by atoms with Gasteiger partial charge in [-0.1, -0.05) is 11.8 Å². The van der Waals surface area contributed by atoms with Gasteiger partial charge in [0.05, 0.1) is 18.7 Å². The molecule has 1 saturated heterocycles. The van der Waals surface area contributed by atoms with Gasteiger partial charge in [0.1, 0.15) is 23.8 Å². The molecule has 0 saturated carbocycles. The molecule has 0 spiro atoms. The molecule has 142 valence electrons. The van der Waals surface area contributed by atoms with E-state index in [1.165, 1.54) is 12.1 Å². The number of likely N-dealkylation sites (tertiary alicyclic amines) is 1. The summed E-state index contributed by atoms with van der Waals surface area (Å²) in [7, 11) is 0. The van der Waals surface area contributed by atoms with Crippen LogP contribution in [0.2, 0.25) is 0 Å². The van der Waals surface area contributed by atoms with E-state index in [0.717, 1.165) is 12.8 Å². The number of nitrogens with zero attached hydrogens (tertiary/aromatic N) is 1. The molecule has 6 heteroatoms. The molecule has 1 aromatic rings. The van der Waals surface area contributed by atoms with Gasteiger partial charge in [-0.05, 0) is 57.9 Å². The summed E-state index contributed by atoms with van der Waals surface area (Å²) in [6, 6.07) is 5.33. The minimum atomic E-state index is -0.606. The van der Waals surface area contributed by atoms with Crippen LogP contribution < -0.4 is 4.74 Å². The van der Waals surface area contributed by atoms with Crippen molar-refractivity contribution in [3.8, 4) is 17.6 Å². The Bertz CT molecular complexity index is 657. The Morgan fingerprint density at radius 1 is 1.31 bits per heavy atom. The maximum Gasteiger partial charge on any atom is 0.411 e. The van der Waals surface area contributed by atoms with Crippen LogP contribution in [0.3, 0.4) is 0 Å². The smallest absolute Gasteiger partial charge is 0.411 e. The number of amides is 1. The highest BCUT2D eigenvalue weighted by Gasteiger charge is 2.39. The van der Waals surface area contributed by atoms with Crippen molar-refractivity contribution in [2.45, 2.75) is 57.7 Å². The van der Waals surface area contributed by atoms with Gasteiger partial charge in [-0.15, -0.1) is 0 Å². The molecular formula is C20H26FNO4. The normalized spacial score (nSPS) is 19.7. The van der Waals surface area contributed by atoms with Gasteiger partial charge in [0, 0.05) is 6.42 Å². The van der Waals surface area contributed by atoms with E-state index in [4.69, 9.17) is 14.6 Å². The molecule has 0 radical (unpaired) electrons. The van der Waals surface area contributed by atoms with Crippen LogP contribution in [0, 0.1) is 17.7 Å². The van der Waals surface area contributed by atoms with Gasteiger partial charge in [-0.2, -0.15) is 0 Å². The number of aliphatic hydroxyl groups is 1. The number of hydrogen-bond donors (Lipinski definition) is 1. The maximum atomic E-state index is 13.0. The molecule has 26 heavy (non-hydrogen) atoms. The van der Waals surface area contributed by atoms with Gasteiger partial charge in [-0.25, -0.2) is 9.18 Å². The average molecular weight is 363 g/mol. The van der Waals surface area contributed by atoms with E-state index in [-0.39, 0.29) is 31.1 Å². The SMILES string of the molecule is CC(C)(C)OC(=O)N1[C@H](COc2ccc(F)cc2)CC[C@H]1C#CCCO. The molecule has 0 aromatic heterocycles. The fourth-order valence-corrected chi connectivity index (χ4v) is 2.75. The molecule has 1 aromatic carbocycles. The molecule has 0 bridgehead atoms. The summed E-state index contributed by atoms with van der Waals surface area (Å²) >= 11 is 0. The van der Waals surface area contributed by atoms with Gasteiger partial charge in [-0.3, -0.25) is 4.90 Å². The monoisotopic (exact) mass is 363 g/mol. The second-order valence-corrected chi connectivity index (χ2v) is 7.19. The highest BCUT2D eigenvalue weighted by Crippen LogP contribution is 2.27. The van der Waals surface area contributed by atoms with Crippen molar-refractivity contribution in [1.82, 2.24) is 4.90 Å². The van der Waals surface area contributed by atoms with E-state index in [2.05, 4.69) is 11.8 Å². The molecule has 1 heterocycles. The third-order valence-corrected chi connectivity index (χ3v) is 3.87. The summed E-state index contributed by atoms with van der Waals surface area (Å²) in [5, 5.41) is 8.90. The van der Waals surface area contributed by atoms with Crippen molar-refractivity contribution in [3.63, 3.8) is 0 Å². The Morgan fingerprint density at radius 2 is 2.00 bits per heavy atom. The quantitative estimate of drug-likeness (QED) is 0.834. The summed E-state index contributed by atoms with van der Waals surface area (Å²) in [6.07, 6.45) is 1.40. The summed E-state index contributed by atoms with van der Waals surface area (Å²) < 4.78 is 24.2. The second kappa shape index (κ2) is 8.91. The number of carbonyl (C=O) groups is 1. The molecule has 2 rings (SSSR count). The number of aliphatic hydroxyl groups excluding tert-OH is 1. The van der Waals surface area contributed by atoms with Gasteiger partial charge in [0.2, 0.25) is 0 Å². The Morgan fingerprint density at radius 3 is 2.62 bits per heavy atom.